The minimum Gasteiger partial charge on any atom is -0.458 e. The summed E-state index contributed by atoms with van der Waals surface area (Å²) >= 11 is 0. The van der Waals surface area contributed by atoms with Crippen molar-refractivity contribution >= 4 is 17.5 Å². The molecule has 1 atom stereocenters. The van der Waals surface area contributed by atoms with Gasteiger partial charge >= 0.3 is 0 Å². The summed E-state index contributed by atoms with van der Waals surface area (Å²) in [6.07, 6.45) is 3.73. The summed E-state index contributed by atoms with van der Waals surface area (Å²) in [6.45, 7) is 12.0. The fraction of sp³-hybridized carbons (Fsp3) is 0.310. The average molecular weight is 487 g/mol. The van der Waals surface area contributed by atoms with Crippen molar-refractivity contribution in [2.45, 2.75) is 26.3 Å². The molecule has 2 N–H and O–H groups in total. The molecule has 2 amide bonds. The maximum Gasteiger partial charge on any atom is 0.262 e. The van der Waals surface area contributed by atoms with Gasteiger partial charge in [0.1, 0.15) is 11.5 Å². The molecule has 2 aromatic rings. The predicted octanol–water partition coefficient (Wildman–Crippen LogP) is 4.19. The lowest BCUT2D eigenvalue weighted by molar-refractivity contribution is 0.0619. The summed E-state index contributed by atoms with van der Waals surface area (Å²) in [5, 5.41) is 0. The van der Waals surface area contributed by atoms with Gasteiger partial charge in [-0.05, 0) is 68.1 Å². The van der Waals surface area contributed by atoms with E-state index in [0.717, 1.165) is 43.0 Å². The topological polar surface area (TPSA) is 79.1 Å². The Morgan fingerprint density at radius 3 is 2.28 bits per heavy atom. The number of anilines is 1. The van der Waals surface area contributed by atoms with Crippen LogP contribution in [0.2, 0.25) is 0 Å². The van der Waals surface area contributed by atoms with Gasteiger partial charge in [-0.3, -0.25) is 14.5 Å². The third-order valence-corrected chi connectivity index (χ3v) is 6.90. The quantitative estimate of drug-likeness (QED) is 0.342. The van der Waals surface area contributed by atoms with Crippen molar-refractivity contribution in [2.75, 3.05) is 38.1 Å². The molecule has 4 rings (SSSR count). The Morgan fingerprint density at radius 1 is 1.06 bits per heavy atom. The van der Waals surface area contributed by atoms with Crippen LogP contribution < -0.4 is 15.4 Å². The molecule has 2 aromatic carbocycles. The Morgan fingerprint density at radius 2 is 1.69 bits per heavy atom. The zero-order valence-electron chi connectivity index (χ0n) is 21.2. The number of carbonyl (C=O) groups excluding carboxylic acids is 2. The third kappa shape index (κ3) is 4.93. The Bertz CT molecular complexity index is 1190. The van der Waals surface area contributed by atoms with Crippen molar-refractivity contribution in [3.05, 3.63) is 95.4 Å². The van der Waals surface area contributed by atoms with Gasteiger partial charge in [-0.1, -0.05) is 31.7 Å². The smallest absolute Gasteiger partial charge is 0.262 e. The summed E-state index contributed by atoms with van der Waals surface area (Å²) in [4.78, 5) is 32.2. The van der Waals surface area contributed by atoms with Crippen LogP contribution in [0.3, 0.4) is 0 Å². The summed E-state index contributed by atoms with van der Waals surface area (Å²) in [5.74, 6) is 0.525. The van der Waals surface area contributed by atoms with Crippen molar-refractivity contribution in [3.8, 4) is 5.75 Å². The molecular formula is C29H34N4O3. The molecule has 0 bridgehead atoms. The number of nitrogens with two attached hydrogens (primary N) is 1. The zero-order valence-corrected chi connectivity index (χ0v) is 21.2. The van der Waals surface area contributed by atoms with E-state index in [-0.39, 0.29) is 11.8 Å². The van der Waals surface area contributed by atoms with Crippen LogP contribution in [0.1, 0.15) is 41.0 Å². The second-order valence-corrected chi connectivity index (χ2v) is 9.16. The monoisotopic (exact) mass is 486 g/mol. The predicted molar refractivity (Wildman–Crippen MR) is 143 cm³/mol. The number of ether oxygens (including phenoxy) is 1. The maximum atomic E-state index is 13.1. The van der Waals surface area contributed by atoms with Gasteiger partial charge in [-0.2, -0.15) is 0 Å². The van der Waals surface area contributed by atoms with Gasteiger partial charge in [0.05, 0.1) is 17.2 Å². The van der Waals surface area contributed by atoms with E-state index in [2.05, 4.69) is 29.5 Å². The molecule has 188 valence electrons. The van der Waals surface area contributed by atoms with E-state index in [1.54, 1.807) is 30.3 Å². The summed E-state index contributed by atoms with van der Waals surface area (Å²) < 4.78 is 6.22. The van der Waals surface area contributed by atoms with E-state index in [4.69, 9.17) is 10.5 Å². The van der Waals surface area contributed by atoms with Gasteiger partial charge < -0.3 is 20.3 Å². The normalized spacial score (nSPS) is 17.9. The van der Waals surface area contributed by atoms with Crippen molar-refractivity contribution in [3.63, 3.8) is 0 Å². The minimum absolute atomic E-state index is 0.312. The number of benzene rings is 2. The van der Waals surface area contributed by atoms with E-state index in [0.29, 0.717) is 29.1 Å². The number of piperazine rings is 1. The number of nitrogens with zero attached hydrogens (tertiary/aromatic N) is 3. The minimum atomic E-state index is -0.552. The molecule has 2 aliphatic rings. The fourth-order valence-corrected chi connectivity index (χ4v) is 4.87. The highest BCUT2D eigenvalue weighted by molar-refractivity contribution is 6.21. The van der Waals surface area contributed by atoms with Crippen molar-refractivity contribution < 1.29 is 14.3 Å². The van der Waals surface area contributed by atoms with Crippen molar-refractivity contribution in [2.24, 2.45) is 5.73 Å². The largest absolute Gasteiger partial charge is 0.458 e. The van der Waals surface area contributed by atoms with Crippen LogP contribution in [-0.4, -0.2) is 60.9 Å². The van der Waals surface area contributed by atoms with Gasteiger partial charge in [0.2, 0.25) is 0 Å². The van der Waals surface area contributed by atoms with Crippen LogP contribution in [-0.2, 0) is 0 Å². The molecule has 2 aliphatic heterocycles. The molecule has 2 heterocycles. The molecule has 0 aromatic heterocycles. The number of hydrogen-bond acceptors (Lipinski definition) is 6. The summed E-state index contributed by atoms with van der Waals surface area (Å²) in [5.41, 5.74) is 9.25. The Kier molecular flexibility index (Phi) is 7.60. The number of allylic oxidation sites excluding steroid dienone is 1. The van der Waals surface area contributed by atoms with Gasteiger partial charge in [-0.25, -0.2) is 0 Å². The van der Waals surface area contributed by atoms with Gasteiger partial charge in [0.25, 0.3) is 11.8 Å². The van der Waals surface area contributed by atoms with Crippen LogP contribution in [0.25, 0.3) is 0 Å². The first kappa shape index (κ1) is 25.3. The molecule has 1 saturated heterocycles. The molecule has 7 nitrogen and oxygen atoms in total. The SMILES string of the molecule is C=C(Oc1cccc(N2CCN(C)CC2)c1)/C(CC)=C(\C=C/N)C(C)N1C(=O)c2ccccc2C1=O. The standard InChI is InChI=1S/C29H34N4O3/c1-5-24(21(3)36-23-10-8-9-22(19-23)32-17-15-31(4)16-18-32)25(13-14-30)20(2)33-28(34)26-11-6-7-12-27(26)29(33)35/h6-14,19-20H,3,5,15-18,30H2,1-2,4H3/b14-13-,25-24+. The zero-order chi connectivity index (χ0) is 25.8. The van der Waals surface area contributed by atoms with Crippen molar-refractivity contribution in [1.82, 2.24) is 9.80 Å². The first-order valence-electron chi connectivity index (χ1n) is 12.3. The van der Waals surface area contributed by atoms with Gasteiger partial charge in [-0.15, -0.1) is 0 Å². The lowest BCUT2D eigenvalue weighted by atomic mass is 9.97. The van der Waals surface area contributed by atoms with Crippen LogP contribution in [0.4, 0.5) is 5.69 Å². The molecule has 7 heteroatoms. The molecule has 1 unspecified atom stereocenters. The Labute approximate surface area is 213 Å². The molecule has 0 saturated carbocycles. The third-order valence-electron chi connectivity index (χ3n) is 6.90. The van der Waals surface area contributed by atoms with E-state index >= 15 is 0 Å². The van der Waals surface area contributed by atoms with Gasteiger partial charge in [0, 0.05) is 37.9 Å². The Hall–Kier alpha value is -3.84. The number of carbonyl (C=O) groups is 2. The van der Waals surface area contributed by atoms with Crippen LogP contribution in [0.15, 0.2) is 84.3 Å². The number of likely N-dealkylation sites (N-methyl/N-ethyl adjacent to an activating group) is 1. The van der Waals surface area contributed by atoms with E-state index in [9.17, 15) is 9.59 Å². The fourth-order valence-electron chi connectivity index (χ4n) is 4.87. The van der Waals surface area contributed by atoms with E-state index < -0.39 is 6.04 Å². The molecular weight excluding hydrogens is 452 g/mol. The molecule has 0 spiro atoms. The first-order valence-corrected chi connectivity index (χ1v) is 12.3. The highest BCUT2D eigenvalue weighted by Crippen LogP contribution is 2.32. The van der Waals surface area contributed by atoms with Gasteiger partial charge in [0.15, 0.2) is 0 Å². The van der Waals surface area contributed by atoms with Crippen LogP contribution >= 0.6 is 0 Å². The summed E-state index contributed by atoms with van der Waals surface area (Å²) in [7, 11) is 2.13. The number of amides is 2. The van der Waals surface area contributed by atoms with E-state index in [1.807, 2.05) is 32.0 Å². The van der Waals surface area contributed by atoms with E-state index in [1.165, 1.54) is 11.1 Å². The summed E-state index contributed by atoms with van der Waals surface area (Å²) in [6, 6.07) is 14.3. The number of hydrogen-bond donors (Lipinski definition) is 1. The number of fused-ring (bicyclic) bond motifs is 1. The lowest BCUT2D eigenvalue weighted by Crippen LogP contribution is -2.44. The number of rotatable bonds is 8. The average Bonchev–Trinajstić information content (AvgIpc) is 3.14. The first-order chi connectivity index (χ1) is 17.3. The molecule has 0 aliphatic carbocycles. The van der Waals surface area contributed by atoms with Crippen LogP contribution in [0.5, 0.6) is 5.75 Å². The highest BCUT2D eigenvalue weighted by Gasteiger charge is 2.39. The second kappa shape index (κ2) is 10.8. The van der Waals surface area contributed by atoms with Crippen molar-refractivity contribution in [1.29, 1.82) is 0 Å². The second-order valence-electron chi connectivity index (χ2n) is 9.16. The Balaban J connectivity index is 1.59. The molecule has 1 fully saturated rings. The number of imide groups is 1. The lowest BCUT2D eigenvalue weighted by Gasteiger charge is -2.34. The maximum absolute atomic E-state index is 13.1. The van der Waals surface area contributed by atoms with Crippen LogP contribution in [0, 0.1) is 0 Å². The molecule has 0 radical (unpaired) electrons. The highest BCUT2D eigenvalue weighted by atomic mass is 16.5. The molecule has 36 heavy (non-hydrogen) atoms.